The van der Waals surface area contributed by atoms with Crippen molar-refractivity contribution in [2.24, 2.45) is 5.92 Å². The van der Waals surface area contributed by atoms with Crippen LogP contribution in [0.1, 0.15) is 25.8 Å². The van der Waals surface area contributed by atoms with Gasteiger partial charge in [-0.15, -0.1) is 0 Å². The second kappa shape index (κ2) is 17.7. The second-order valence-corrected chi connectivity index (χ2v) is 12.8. The van der Waals surface area contributed by atoms with Crippen molar-refractivity contribution < 1.29 is 71.1 Å². The number of anilines is 1. The number of nitrogens with one attached hydrogen (secondary N) is 1. The standard InChI is InChI=1S/C25H36N3O9PS.2Na/c1-18(2)15-28(39(33,34)22-10-8-20(26)9-11-22)16-24(37-38(30,31)32)23(14-19-6-4-3-5-7-19)27-25(29)36-21-12-13-35-17-21;;/h3-11,18,21,23-24H,12-17,26H2,1-2H3,(H,27,29)(H2,30,31,32);;/q;;+1/p-1/t21-,23-,24+;;/m0../s1. The average Bonchev–Trinajstić information content (AvgIpc) is 3.35. The number of alkyl carbamates (subject to hydrolysis) is 1. The first-order valence-electron chi connectivity index (χ1n) is 12.5. The van der Waals surface area contributed by atoms with E-state index in [1.54, 1.807) is 44.2 Å². The van der Waals surface area contributed by atoms with Gasteiger partial charge in [-0.25, -0.2) is 13.2 Å². The molecule has 1 amide bonds. The molecular formula is C25H35N3Na2O9PS. The van der Waals surface area contributed by atoms with Crippen LogP contribution in [0.2, 0.25) is 0 Å². The van der Waals surface area contributed by atoms with Gasteiger partial charge in [-0.3, -0.25) is 4.57 Å². The van der Waals surface area contributed by atoms with Gasteiger partial charge in [0.2, 0.25) is 10.0 Å². The number of sulfonamides is 1. The molecule has 1 heterocycles. The van der Waals surface area contributed by atoms with Crippen LogP contribution in [0.15, 0.2) is 59.5 Å². The largest absolute Gasteiger partial charge is 1.00 e. The number of ether oxygens (including phenoxy) is 2. The molecule has 1 aliphatic heterocycles. The van der Waals surface area contributed by atoms with Gasteiger partial charge < -0.3 is 34.8 Å². The predicted octanol–water partition coefficient (Wildman–Crippen LogP) is -1.49. The number of carbonyl (C=O) groups is 1. The molecule has 2 aromatic carbocycles. The summed E-state index contributed by atoms with van der Waals surface area (Å²) in [6.45, 7) is 3.77. The number of nitrogen functional groups attached to an aromatic ring is 1. The number of nitrogens with zero attached hydrogens (tertiary/aromatic N) is 1. The molecule has 1 aliphatic rings. The van der Waals surface area contributed by atoms with E-state index in [0.29, 0.717) is 24.3 Å². The Bertz CT molecular complexity index is 1230. The summed E-state index contributed by atoms with van der Waals surface area (Å²) in [6, 6.07) is 13.3. The molecule has 0 bridgehead atoms. The normalized spacial score (nSPS) is 18.0. The summed E-state index contributed by atoms with van der Waals surface area (Å²) in [4.78, 5) is 34.3. The Kier molecular flexibility index (Phi) is 16.6. The molecular weight excluding hydrogens is 595 g/mol. The SMILES string of the molecule is CC(C)CN(C[C@@H](OP(=O)([O-])O)[C@H](Cc1ccccc1)NC(=O)O[C@H]1CCOC1)S(=O)(=O)c1ccc(N)cc1.[Na+].[Na]. The van der Waals surface area contributed by atoms with Crippen molar-refractivity contribution in [3.63, 3.8) is 0 Å². The van der Waals surface area contributed by atoms with Gasteiger partial charge >= 0.3 is 35.7 Å². The Morgan fingerprint density at radius 2 is 1.83 bits per heavy atom. The quantitative estimate of drug-likeness (QED) is 0.134. The fourth-order valence-electron chi connectivity index (χ4n) is 4.16. The van der Waals surface area contributed by atoms with Crippen LogP contribution in [0.4, 0.5) is 10.5 Å². The van der Waals surface area contributed by atoms with Gasteiger partial charge in [0.25, 0.3) is 7.82 Å². The Morgan fingerprint density at radius 3 is 2.37 bits per heavy atom. The molecule has 0 spiro atoms. The minimum absolute atomic E-state index is 0. The van der Waals surface area contributed by atoms with Gasteiger partial charge in [0.15, 0.2) is 0 Å². The van der Waals surface area contributed by atoms with Crippen LogP contribution in [-0.4, -0.2) is 97.8 Å². The molecule has 12 nitrogen and oxygen atoms in total. The fourth-order valence-corrected chi connectivity index (χ4v) is 6.33. The minimum Gasteiger partial charge on any atom is -0.756 e. The van der Waals surface area contributed by atoms with Crippen molar-refractivity contribution in [1.29, 1.82) is 0 Å². The number of phosphoric acid groups is 1. The Balaban J connectivity index is 0.00000420. The molecule has 4 N–H and O–H groups in total. The Labute approximate surface area is 285 Å². The van der Waals surface area contributed by atoms with Gasteiger partial charge in [0, 0.05) is 54.8 Å². The summed E-state index contributed by atoms with van der Waals surface area (Å²) in [5.41, 5.74) is 6.79. The van der Waals surface area contributed by atoms with E-state index in [9.17, 15) is 27.6 Å². The predicted molar refractivity (Wildman–Crippen MR) is 148 cm³/mol. The number of nitrogens with two attached hydrogens (primary N) is 1. The maximum atomic E-state index is 13.6. The van der Waals surface area contributed by atoms with E-state index < -0.39 is 48.7 Å². The smallest absolute Gasteiger partial charge is 0.756 e. The first kappa shape index (κ1) is 38.5. The zero-order valence-electron chi connectivity index (χ0n) is 23.8. The van der Waals surface area contributed by atoms with E-state index in [0.717, 1.165) is 4.31 Å². The third-order valence-electron chi connectivity index (χ3n) is 5.95. The summed E-state index contributed by atoms with van der Waals surface area (Å²) < 4.78 is 55.9. The molecule has 217 valence electrons. The van der Waals surface area contributed by atoms with Crippen molar-refractivity contribution >= 4 is 59.2 Å². The molecule has 2 aromatic rings. The molecule has 3 rings (SSSR count). The van der Waals surface area contributed by atoms with E-state index in [-0.39, 0.29) is 89.5 Å². The van der Waals surface area contributed by atoms with Gasteiger partial charge in [-0.1, -0.05) is 44.2 Å². The van der Waals surface area contributed by atoms with Crippen LogP contribution in [0.3, 0.4) is 0 Å². The van der Waals surface area contributed by atoms with Crippen molar-refractivity contribution in [1.82, 2.24) is 9.62 Å². The molecule has 16 heteroatoms. The van der Waals surface area contributed by atoms with Crippen molar-refractivity contribution in [2.75, 3.05) is 32.0 Å². The second-order valence-electron chi connectivity index (χ2n) is 9.73. The summed E-state index contributed by atoms with van der Waals surface area (Å²) in [7, 11) is -9.53. The monoisotopic (exact) mass is 630 g/mol. The van der Waals surface area contributed by atoms with E-state index in [1.807, 2.05) is 0 Å². The average molecular weight is 631 g/mol. The molecule has 1 unspecified atom stereocenters. The molecule has 1 fully saturated rings. The number of hydrogen-bond acceptors (Lipinski definition) is 9. The minimum atomic E-state index is -5.37. The summed E-state index contributed by atoms with van der Waals surface area (Å²) in [5.74, 6) is -0.157. The number of carbonyl (C=O) groups excluding carboxylic acids is 1. The molecule has 0 aromatic heterocycles. The summed E-state index contributed by atoms with van der Waals surface area (Å²) in [5, 5.41) is 2.62. The zero-order valence-corrected chi connectivity index (χ0v) is 29.6. The van der Waals surface area contributed by atoms with Crippen molar-refractivity contribution in [2.45, 2.75) is 49.8 Å². The maximum absolute atomic E-state index is 13.6. The Hall–Kier alpha value is -0.510. The first-order valence-corrected chi connectivity index (χ1v) is 15.4. The number of hydrogen-bond donors (Lipinski definition) is 3. The van der Waals surface area contributed by atoms with E-state index in [4.69, 9.17) is 19.7 Å². The van der Waals surface area contributed by atoms with Gasteiger partial charge in [-0.05, 0) is 42.2 Å². The van der Waals surface area contributed by atoms with Crippen LogP contribution in [-0.2, 0) is 35.0 Å². The number of benzene rings is 2. The van der Waals surface area contributed by atoms with Crippen LogP contribution in [0.25, 0.3) is 0 Å². The van der Waals surface area contributed by atoms with Gasteiger partial charge in [-0.2, -0.15) is 4.31 Å². The first-order chi connectivity index (χ1) is 18.3. The molecule has 1 saturated heterocycles. The van der Waals surface area contributed by atoms with Gasteiger partial charge in [0.1, 0.15) is 12.2 Å². The number of rotatable bonds is 13. The molecule has 0 saturated carbocycles. The topological polar surface area (TPSA) is 181 Å². The maximum Gasteiger partial charge on any atom is 1.00 e. The molecule has 41 heavy (non-hydrogen) atoms. The van der Waals surface area contributed by atoms with Gasteiger partial charge in [0.05, 0.1) is 24.2 Å². The third kappa shape index (κ3) is 12.9. The number of phosphoric ester groups is 1. The molecule has 4 atom stereocenters. The van der Waals surface area contributed by atoms with Crippen molar-refractivity contribution in [3.05, 3.63) is 60.2 Å². The fraction of sp³-hybridized carbons (Fsp3) is 0.480. The van der Waals surface area contributed by atoms with Crippen LogP contribution < -0.4 is 45.5 Å². The third-order valence-corrected chi connectivity index (χ3v) is 8.33. The number of amides is 1. The summed E-state index contributed by atoms with van der Waals surface area (Å²) in [6.07, 6.45) is -2.28. The van der Waals surface area contributed by atoms with Crippen LogP contribution in [0.5, 0.6) is 0 Å². The van der Waals surface area contributed by atoms with Crippen LogP contribution in [0, 0.1) is 5.92 Å². The molecule has 0 aliphatic carbocycles. The van der Waals surface area contributed by atoms with Crippen molar-refractivity contribution in [3.8, 4) is 0 Å². The van der Waals surface area contributed by atoms with Crippen LogP contribution >= 0.6 is 7.82 Å². The van der Waals surface area contributed by atoms with E-state index >= 15 is 0 Å². The summed E-state index contributed by atoms with van der Waals surface area (Å²) >= 11 is 0. The van der Waals surface area contributed by atoms with E-state index in [2.05, 4.69) is 5.32 Å². The Morgan fingerprint density at radius 1 is 1.20 bits per heavy atom. The zero-order chi connectivity index (χ0) is 28.6. The van der Waals surface area contributed by atoms with E-state index in [1.165, 1.54) is 24.3 Å². The molecule has 1 radical (unpaired) electrons.